The minimum atomic E-state index is -0.466. The Kier molecular flexibility index (Phi) is 2.41. The van der Waals surface area contributed by atoms with Crippen LogP contribution < -0.4 is 4.74 Å². The van der Waals surface area contributed by atoms with Crippen molar-refractivity contribution in [3.05, 3.63) is 45.6 Å². The highest BCUT2D eigenvalue weighted by atomic mass is 16.6. The van der Waals surface area contributed by atoms with Gasteiger partial charge in [-0.25, -0.2) is 0 Å². The molecule has 0 saturated heterocycles. The lowest BCUT2D eigenvalue weighted by Gasteiger charge is -2.01. The number of nitrogens with zero attached hydrogens (tertiary/aromatic N) is 1. The van der Waals surface area contributed by atoms with E-state index >= 15 is 0 Å². The van der Waals surface area contributed by atoms with Crippen LogP contribution in [0.25, 0.3) is 6.08 Å². The number of hydrogen-bond acceptors (Lipinski definition) is 3. The topological polar surface area (TPSA) is 52.4 Å². The number of hydrogen-bond donors (Lipinski definition) is 0. The average molecular weight is 205 g/mol. The molecule has 1 atom stereocenters. The van der Waals surface area contributed by atoms with Crippen LogP contribution in [0.1, 0.15) is 18.1 Å². The highest BCUT2D eigenvalue weighted by molar-refractivity contribution is 5.53. The van der Waals surface area contributed by atoms with Crippen LogP contribution in [0.3, 0.4) is 0 Å². The summed E-state index contributed by atoms with van der Waals surface area (Å²) >= 11 is 0. The first-order valence-electron chi connectivity index (χ1n) is 4.76. The first-order valence-corrected chi connectivity index (χ1v) is 4.76. The van der Waals surface area contributed by atoms with E-state index in [4.69, 9.17) is 4.74 Å². The number of ether oxygens (including phenoxy) is 1. The number of fused-ring (bicyclic) bond motifs is 1. The Morgan fingerprint density at radius 2 is 2.40 bits per heavy atom. The molecule has 0 bridgehead atoms. The average Bonchev–Trinajstić information content (AvgIpc) is 2.53. The Labute approximate surface area is 87.3 Å². The second-order valence-corrected chi connectivity index (χ2v) is 3.60. The molecule has 0 spiro atoms. The lowest BCUT2D eigenvalue weighted by atomic mass is 10.1. The van der Waals surface area contributed by atoms with Gasteiger partial charge in [-0.05, 0) is 30.2 Å². The van der Waals surface area contributed by atoms with E-state index in [1.54, 1.807) is 0 Å². The standard InChI is InChI=1S/C11H11NO3/c1-8-6-10-7-9(4-5-12(13)14)2-3-11(10)15-8/h2-5,7-8H,6H2,1H3. The van der Waals surface area contributed by atoms with Gasteiger partial charge in [0.05, 0.1) is 4.92 Å². The van der Waals surface area contributed by atoms with Crippen LogP contribution >= 0.6 is 0 Å². The van der Waals surface area contributed by atoms with Gasteiger partial charge < -0.3 is 4.74 Å². The zero-order chi connectivity index (χ0) is 10.8. The highest BCUT2D eigenvalue weighted by Crippen LogP contribution is 2.29. The number of benzene rings is 1. The van der Waals surface area contributed by atoms with Crippen LogP contribution in [-0.4, -0.2) is 11.0 Å². The van der Waals surface area contributed by atoms with Crippen molar-refractivity contribution in [1.82, 2.24) is 0 Å². The van der Waals surface area contributed by atoms with Gasteiger partial charge in [-0.1, -0.05) is 6.07 Å². The second-order valence-electron chi connectivity index (χ2n) is 3.60. The maximum Gasteiger partial charge on any atom is 0.235 e. The largest absolute Gasteiger partial charge is 0.490 e. The minimum absolute atomic E-state index is 0.203. The molecule has 1 aromatic carbocycles. The van der Waals surface area contributed by atoms with Crippen molar-refractivity contribution in [2.75, 3.05) is 0 Å². The Morgan fingerprint density at radius 3 is 3.13 bits per heavy atom. The molecule has 0 amide bonds. The van der Waals surface area contributed by atoms with Crippen LogP contribution in [0.2, 0.25) is 0 Å². The van der Waals surface area contributed by atoms with E-state index in [-0.39, 0.29) is 6.10 Å². The first-order chi connectivity index (χ1) is 7.15. The summed E-state index contributed by atoms with van der Waals surface area (Å²) in [6.07, 6.45) is 3.51. The Hall–Kier alpha value is -1.84. The van der Waals surface area contributed by atoms with Gasteiger partial charge in [0, 0.05) is 12.5 Å². The molecule has 1 heterocycles. The van der Waals surface area contributed by atoms with Gasteiger partial charge in [0.2, 0.25) is 6.20 Å². The lowest BCUT2D eigenvalue weighted by Crippen LogP contribution is -2.05. The summed E-state index contributed by atoms with van der Waals surface area (Å²) < 4.78 is 5.53. The summed E-state index contributed by atoms with van der Waals surface area (Å²) in [6, 6.07) is 5.61. The number of rotatable bonds is 2. The van der Waals surface area contributed by atoms with Crippen molar-refractivity contribution in [3.63, 3.8) is 0 Å². The van der Waals surface area contributed by atoms with E-state index in [2.05, 4.69) is 0 Å². The van der Waals surface area contributed by atoms with Crippen LogP contribution in [0.4, 0.5) is 0 Å². The summed E-state index contributed by atoms with van der Waals surface area (Å²) in [4.78, 5) is 9.69. The maximum atomic E-state index is 10.2. The van der Waals surface area contributed by atoms with Crippen molar-refractivity contribution in [1.29, 1.82) is 0 Å². The van der Waals surface area contributed by atoms with Gasteiger partial charge in [0.15, 0.2) is 0 Å². The predicted octanol–water partition coefficient (Wildman–Crippen LogP) is 2.26. The fraction of sp³-hybridized carbons (Fsp3) is 0.273. The lowest BCUT2D eigenvalue weighted by molar-refractivity contribution is -0.400. The fourth-order valence-electron chi connectivity index (χ4n) is 1.69. The quantitative estimate of drug-likeness (QED) is 0.549. The van der Waals surface area contributed by atoms with Crippen molar-refractivity contribution in [3.8, 4) is 5.75 Å². The molecule has 0 aromatic heterocycles. The zero-order valence-corrected chi connectivity index (χ0v) is 8.34. The van der Waals surface area contributed by atoms with Gasteiger partial charge in [-0.2, -0.15) is 0 Å². The third-order valence-corrected chi connectivity index (χ3v) is 2.31. The normalized spacial score (nSPS) is 18.9. The Morgan fingerprint density at radius 1 is 1.60 bits per heavy atom. The summed E-state index contributed by atoms with van der Waals surface area (Å²) in [6.45, 7) is 2.01. The predicted molar refractivity (Wildman–Crippen MR) is 56.3 cm³/mol. The third kappa shape index (κ3) is 2.15. The molecule has 0 N–H and O–H groups in total. The monoisotopic (exact) mass is 205 g/mol. The molecule has 78 valence electrons. The van der Waals surface area contributed by atoms with Crippen molar-refractivity contribution in [2.45, 2.75) is 19.4 Å². The van der Waals surface area contributed by atoms with E-state index in [0.717, 1.165) is 29.5 Å². The third-order valence-electron chi connectivity index (χ3n) is 2.31. The van der Waals surface area contributed by atoms with Crippen molar-refractivity contribution in [2.24, 2.45) is 0 Å². The Bertz CT molecular complexity index is 426. The van der Waals surface area contributed by atoms with Crippen LogP contribution in [0.5, 0.6) is 5.75 Å². The molecule has 4 nitrogen and oxygen atoms in total. The minimum Gasteiger partial charge on any atom is -0.490 e. The van der Waals surface area contributed by atoms with Crippen LogP contribution in [-0.2, 0) is 6.42 Å². The van der Waals surface area contributed by atoms with Crippen molar-refractivity contribution >= 4 is 6.08 Å². The molecule has 0 radical (unpaired) electrons. The SMILES string of the molecule is CC1Cc2cc(C=C[N+](=O)[O-])ccc2O1. The fourth-order valence-corrected chi connectivity index (χ4v) is 1.69. The van der Waals surface area contributed by atoms with Crippen LogP contribution in [0, 0.1) is 10.1 Å². The molecule has 15 heavy (non-hydrogen) atoms. The molecule has 1 aliphatic heterocycles. The molecule has 0 saturated carbocycles. The van der Waals surface area contributed by atoms with Gasteiger partial charge in [-0.15, -0.1) is 0 Å². The smallest absolute Gasteiger partial charge is 0.235 e. The molecule has 1 unspecified atom stereocenters. The summed E-state index contributed by atoms with van der Waals surface area (Å²) in [5.74, 6) is 0.890. The van der Waals surface area contributed by atoms with E-state index in [9.17, 15) is 10.1 Å². The van der Waals surface area contributed by atoms with E-state index in [1.165, 1.54) is 6.08 Å². The van der Waals surface area contributed by atoms with E-state index in [1.807, 2.05) is 25.1 Å². The summed E-state index contributed by atoms with van der Waals surface area (Å²) in [5.41, 5.74) is 1.95. The van der Waals surface area contributed by atoms with Gasteiger partial charge in [0.25, 0.3) is 0 Å². The van der Waals surface area contributed by atoms with Crippen molar-refractivity contribution < 1.29 is 9.66 Å². The molecular weight excluding hydrogens is 194 g/mol. The van der Waals surface area contributed by atoms with Crippen LogP contribution in [0.15, 0.2) is 24.4 Å². The molecule has 1 aliphatic rings. The molecule has 0 aliphatic carbocycles. The van der Waals surface area contributed by atoms with E-state index in [0.29, 0.717) is 0 Å². The number of nitro groups is 1. The highest BCUT2D eigenvalue weighted by Gasteiger charge is 2.18. The van der Waals surface area contributed by atoms with E-state index < -0.39 is 4.92 Å². The first kappa shape index (κ1) is 9.71. The maximum absolute atomic E-state index is 10.2. The Balaban J connectivity index is 2.23. The molecule has 1 aromatic rings. The summed E-state index contributed by atoms with van der Waals surface area (Å²) in [7, 11) is 0. The summed E-state index contributed by atoms with van der Waals surface area (Å²) in [5, 5.41) is 10.2. The van der Waals surface area contributed by atoms with Gasteiger partial charge in [-0.3, -0.25) is 10.1 Å². The molecule has 0 fully saturated rings. The van der Waals surface area contributed by atoms with Gasteiger partial charge in [0.1, 0.15) is 11.9 Å². The molecule has 4 heteroatoms. The molecule has 2 rings (SSSR count). The second kappa shape index (κ2) is 3.73. The van der Waals surface area contributed by atoms with Gasteiger partial charge >= 0.3 is 0 Å². The zero-order valence-electron chi connectivity index (χ0n) is 8.34. The molecular formula is C11H11NO3.